The van der Waals surface area contributed by atoms with Crippen LogP contribution in [0, 0.1) is 0 Å². The van der Waals surface area contributed by atoms with Crippen LogP contribution in [0.25, 0.3) is 0 Å². The van der Waals surface area contributed by atoms with E-state index in [0.29, 0.717) is 6.10 Å². The highest BCUT2D eigenvalue weighted by molar-refractivity contribution is 5.76. The molecule has 18 heavy (non-hydrogen) atoms. The Hall–Kier alpha value is -1.29. The minimum Gasteiger partial charge on any atom is -0.381 e. The van der Waals surface area contributed by atoms with Gasteiger partial charge in [-0.1, -0.05) is 12.2 Å². The highest BCUT2D eigenvalue weighted by Crippen LogP contribution is 2.20. The first-order valence-corrected chi connectivity index (χ1v) is 6.55. The van der Waals surface area contributed by atoms with Crippen molar-refractivity contribution in [2.45, 2.75) is 51.7 Å². The molecular weight excluding hydrogens is 228 g/mol. The van der Waals surface area contributed by atoms with Crippen LogP contribution < -0.4 is 10.6 Å². The molecule has 0 aromatic rings. The van der Waals surface area contributed by atoms with Crippen LogP contribution in [0.1, 0.15) is 39.5 Å². The first-order chi connectivity index (χ1) is 8.65. The Morgan fingerprint density at radius 1 is 1.28 bits per heavy atom. The topological polar surface area (TPSA) is 50.4 Å². The van der Waals surface area contributed by atoms with Gasteiger partial charge in [0.2, 0.25) is 0 Å². The van der Waals surface area contributed by atoms with Gasteiger partial charge in [0.25, 0.3) is 0 Å². The van der Waals surface area contributed by atoms with Gasteiger partial charge < -0.3 is 15.4 Å². The predicted molar refractivity (Wildman–Crippen MR) is 73.3 cm³/mol. The summed E-state index contributed by atoms with van der Waals surface area (Å²) in [7, 11) is 1.75. The van der Waals surface area contributed by atoms with Crippen LogP contribution in [-0.2, 0) is 4.74 Å². The zero-order valence-corrected chi connectivity index (χ0v) is 11.5. The fraction of sp³-hybridized carbons (Fsp3) is 0.643. The average Bonchev–Trinajstić information content (AvgIpc) is 2.37. The Morgan fingerprint density at radius 3 is 2.50 bits per heavy atom. The molecule has 0 saturated heterocycles. The number of hydrogen-bond acceptors (Lipinski definition) is 2. The molecule has 0 unspecified atom stereocenters. The molecule has 0 aromatic heterocycles. The van der Waals surface area contributed by atoms with Crippen LogP contribution in [0.15, 0.2) is 23.9 Å². The van der Waals surface area contributed by atoms with Crippen molar-refractivity contribution >= 4 is 6.03 Å². The SMILES string of the molecule is C/C=C\C=C(/C)NC(=O)NC1CCC(OC)CC1. The van der Waals surface area contributed by atoms with Crippen LogP contribution in [0.5, 0.6) is 0 Å². The van der Waals surface area contributed by atoms with Crippen LogP contribution in [0.2, 0.25) is 0 Å². The van der Waals surface area contributed by atoms with E-state index in [1.807, 2.05) is 32.1 Å². The van der Waals surface area contributed by atoms with Gasteiger partial charge in [-0.05, 0) is 45.6 Å². The summed E-state index contributed by atoms with van der Waals surface area (Å²) in [6, 6.07) is 0.153. The van der Waals surface area contributed by atoms with E-state index >= 15 is 0 Å². The molecule has 1 aliphatic carbocycles. The second kappa shape index (κ2) is 7.93. The Bertz CT molecular complexity index is 316. The molecule has 4 nitrogen and oxygen atoms in total. The number of carbonyl (C=O) groups excluding carboxylic acids is 1. The molecule has 2 amide bonds. The molecule has 1 rings (SSSR count). The van der Waals surface area contributed by atoms with Crippen molar-refractivity contribution in [2.24, 2.45) is 0 Å². The maximum absolute atomic E-state index is 11.7. The number of carbonyl (C=O) groups is 1. The summed E-state index contributed by atoms with van der Waals surface area (Å²) in [5, 5.41) is 5.82. The van der Waals surface area contributed by atoms with E-state index in [9.17, 15) is 4.79 Å². The molecule has 102 valence electrons. The quantitative estimate of drug-likeness (QED) is 0.756. The van der Waals surface area contributed by atoms with Crippen LogP contribution >= 0.6 is 0 Å². The number of methoxy groups -OCH3 is 1. The van der Waals surface area contributed by atoms with Gasteiger partial charge in [0.05, 0.1) is 6.10 Å². The number of rotatable bonds is 4. The Morgan fingerprint density at radius 2 is 1.94 bits per heavy atom. The lowest BCUT2D eigenvalue weighted by atomic mass is 9.93. The van der Waals surface area contributed by atoms with Crippen molar-refractivity contribution < 1.29 is 9.53 Å². The lowest BCUT2D eigenvalue weighted by molar-refractivity contribution is 0.0636. The summed E-state index contributed by atoms with van der Waals surface area (Å²) in [5.74, 6) is 0. The van der Waals surface area contributed by atoms with Gasteiger partial charge in [0.1, 0.15) is 0 Å². The van der Waals surface area contributed by atoms with Crippen LogP contribution in [0.3, 0.4) is 0 Å². The molecule has 1 aliphatic rings. The summed E-state index contributed by atoms with van der Waals surface area (Å²) < 4.78 is 5.31. The third-order valence-electron chi connectivity index (χ3n) is 3.19. The largest absolute Gasteiger partial charge is 0.381 e. The van der Waals surface area contributed by atoms with Gasteiger partial charge in [-0.25, -0.2) is 4.79 Å². The summed E-state index contributed by atoms with van der Waals surface area (Å²) in [6.45, 7) is 3.82. The molecule has 0 aromatic carbocycles. The Kier molecular flexibility index (Phi) is 6.50. The molecule has 1 saturated carbocycles. The van der Waals surface area contributed by atoms with Gasteiger partial charge in [-0.15, -0.1) is 0 Å². The zero-order chi connectivity index (χ0) is 13.4. The van der Waals surface area contributed by atoms with Gasteiger partial charge in [0, 0.05) is 18.8 Å². The second-order valence-corrected chi connectivity index (χ2v) is 4.68. The minimum absolute atomic E-state index is 0.117. The molecule has 0 spiro atoms. The monoisotopic (exact) mass is 252 g/mol. The lowest BCUT2D eigenvalue weighted by Crippen LogP contribution is -2.43. The van der Waals surface area contributed by atoms with Crippen molar-refractivity contribution in [3.8, 4) is 0 Å². The van der Waals surface area contributed by atoms with Crippen molar-refractivity contribution in [2.75, 3.05) is 7.11 Å². The number of urea groups is 1. The molecule has 4 heteroatoms. The molecule has 0 atom stereocenters. The standard InChI is InChI=1S/C14H24N2O2/c1-4-5-6-11(2)15-14(17)16-12-7-9-13(18-3)10-8-12/h4-6,12-13H,7-10H2,1-3H3,(H2,15,16,17)/b5-4-,11-6+. The Labute approximate surface area is 109 Å². The van der Waals surface area contributed by atoms with E-state index in [4.69, 9.17) is 4.74 Å². The van der Waals surface area contributed by atoms with E-state index < -0.39 is 0 Å². The number of allylic oxidation sites excluding steroid dienone is 4. The normalized spacial score (nSPS) is 25.2. The highest BCUT2D eigenvalue weighted by Gasteiger charge is 2.21. The van der Waals surface area contributed by atoms with E-state index in [2.05, 4.69) is 10.6 Å². The number of amides is 2. The van der Waals surface area contributed by atoms with Crippen LogP contribution in [0.4, 0.5) is 4.79 Å². The second-order valence-electron chi connectivity index (χ2n) is 4.68. The lowest BCUT2D eigenvalue weighted by Gasteiger charge is -2.28. The smallest absolute Gasteiger partial charge is 0.319 e. The third kappa shape index (κ3) is 5.36. The highest BCUT2D eigenvalue weighted by atomic mass is 16.5. The van der Waals surface area contributed by atoms with Gasteiger partial charge in [-0.2, -0.15) is 0 Å². The van der Waals surface area contributed by atoms with E-state index in [-0.39, 0.29) is 12.1 Å². The summed E-state index contributed by atoms with van der Waals surface area (Å²) >= 11 is 0. The summed E-state index contributed by atoms with van der Waals surface area (Å²) in [4.78, 5) is 11.7. The minimum atomic E-state index is -0.117. The maximum Gasteiger partial charge on any atom is 0.319 e. The molecule has 0 heterocycles. The fourth-order valence-electron chi connectivity index (χ4n) is 2.13. The van der Waals surface area contributed by atoms with Crippen molar-refractivity contribution in [1.82, 2.24) is 10.6 Å². The van der Waals surface area contributed by atoms with E-state index in [0.717, 1.165) is 31.4 Å². The van der Waals surface area contributed by atoms with Gasteiger partial charge in [-0.3, -0.25) is 0 Å². The Balaban J connectivity index is 2.29. The summed E-state index contributed by atoms with van der Waals surface area (Å²) in [5.41, 5.74) is 0.844. The molecular formula is C14H24N2O2. The van der Waals surface area contributed by atoms with E-state index in [1.165, 1.54) is 0 Å². The van der Waals surface area contributed by atoms with Crippen molar-refractivity contribution in [3.63, 3.8) is 0 Å². The van der Waals surface area contributed by atoms with Crippen molar-refractivity contribution in [1.29, 1.82) is 0 Å². The van der Waals surface area contributed by atoms with Crippen molar-refractivity contribution in [3.05, 3.63) is 23.9 Å². The third-order valence-corrected chi connectivity index (χ3v) is 3.19. The van der Waals surface area contributed by atoms with E-state index in [1.54, 1.807) is 7.11 Å². The number of hydrogen-bond donors (Lipinski definition) is 2. The predicted octanol–water partition coefficient (Wildman–Crippen LogP) is 2.72. The van der Waals surface area contributed by atoms with Gasteiger partial charge >= 0.3 is 6.03 Å². The first-order valence-electron chi connectivity index (χ1n) is 6.55. The summed E-state index contributed by atoms with van der Waals surface area (Å²) in [6.07, 6.45) is 10.1. The molecule has 0 aliphatic heterocycles. The average molecular weight is 252 g/mol. The zero-order valence-electron chi connectivity index (χ0n) is 11.5. The fourth-order valence-corrected chi connectivity index (χ4v) is 2.13. The maximum atomic E-state index is 11.7. The molecule has 1 fully saturated rings. The first kappa shape index (κ1) is 14.8. The number of ether oxygens (including phenoxy) is 1. The molecule has 0 bridgehead atoms. The number of nitrogens with one attached hydrogen (secondary N) is 2. The van der Waals surface area contributed by atoms with Gasteiger partial charge in [0.15, 0.2) is 0 Å². The van der Waals surface area contributed by atoms with Crippen LogP contribution in [-0.4, -0.2) is 25.3 Å². The molecule has 0 radical (unpaired) electrons. The molecule has 2 N–H and O–H groups in total.